The van der Waals surface area contributed by atoms with Gasteiger partial charge in [0.05, 0.1) is 48.2 Å². The van der Waals surface area contributed by atoms with E-state index in [2.05, 4.69) is 11.2 Å². The van der Waals surface area contributed by atoms with Crippen molar-refractivity contribution in [3.63, 3.8) is 0 Å². The number of aliphatic hydroxyl groups excluding tert-OH is 1. The molecule has 1 aromatic rings. The summed E-state index contributed by atoms with van der Waals surface area (Å²) in [4.78, 5) is 0. The van der Waals surface area contributed by atoms with Crippen LogP contribution >= 0.6 is 11.6 Å². The molecule has 24 heavy (non-hydrogen) atoms. The molecule has 2 heterocycles. The van der Waals surface area contributed by atoms with Crippen LogP contribution in [0.3, 0.4) is 0 Å². The lowest BCUT2D eigenvalue weighted by Crippen LogP contribution is -2.36. The number of methoxy groups -OCH3 is 1. The first kappa shape index (κ1) is 17.2. The van der Waals surface area contributed by atoms with Gasteiger partial charge in [0.1, 0.15) is 12.2 Å². The number of aliphatic hydroxyl groups is 1. The molecule has 0 bridgehead atoms. The molecule has 1 saturated heterocycles. The van der Waals surface area contributed by atoms with Crippen molar-refractivity contribution >= 4 is 17.3 Å². The van der Waals surface area contributed by atoms with Crippen molar-refractivity contribution in [2.45, 2.75) is 31.6 Å². The highest BCUT2D eigenvalue weighted by atomic mass is 35.5. The molecule has 0 unspecified atom stereocenters. The number of nitriles is 1. The lowest BCUT2D eigenvalue weighted by molar-refractivity contribution is 0.0232. The molecule has 128 valence electrons. The van der Waals surface area contributed by atoms with Crippen LogP contribution < -0.4 is 0 Å². The van der Waals surface area contributed by atoms with Gasteiger partial charge < -0.3 is 14.6 Å². The lowest BCUT2D eigenvalue weighted by atomic mass is 9.94. The van der Waals surface area contributed by atoms with Crippen LogP contribution in [0.15, 0.2) is 17.2 Å². The van der Waals surface area contributed by atoms with Crippen LogP contribution in [0.5, 0.6) is 0 Å². The molecule has 0 aliphatic carbocycles. The molecule has 0 aromatic heterocycles. The molecule has 1 fully saturated rings. The predicted molar refractivity (Wildman–Crippen MR) is 90.2 cm³/mol. The lowest BCUT2D eigenvalue weighted by Gasteiger charge is -2.22. The number of hydrazone groups is 1. The normalized spacial score (nSPS) is 25.5. The molecule has 0 amide bonds. The van der Waals surface area contributed by atoms with Crippen molar-refractivity contribution in [2.24, 2.45) is 5.10 Å². The molecule has 0 spiro atoms. The highest BCUT2D eigenvalue weighted by Gasteiger charge is 2.44. The van der Waals surface area contributed by atoms with Crippen LogP contribution in [0.2, 0.25) is 5.02 Å². The van der Waals surface area contributed by atoms with E-state index in [-0.39, 0.29) is 18.2 Å². The number of hydrogen-bond acceptors (Lipinski definition) is 6. The Kier molecular flexibility index (Phi) is 5.07. The van der Waals surface area contributed by atoms with Crippen molar-refractivity contribution in [1.82, 2.24) is 5.01 Å². The minimum Gasteiger partial charge on any atom is -0.391 e. The van der Waals surface area contributed by atoms with E-state index in [0.717, 1.165) is 16.8 Å². The standard InChI is InChI=1S/C17H20ClN3O3/c1-10-13(4-3-11(8-19)15(10)18)16-17(24-6-5-23-2)14-7-12(22)9-21(14)20-16/h3-4,12,14,17,22H,5-7,9H2,1-2H3/t12-,14+,17+/m1/s1. The molecule has 0 saturated carbocycles. The Labute approximate surface area is 146 Å². The van der Waals surface area contributed by atoms with E-state index < -0.39 is 0 Å². The van der Waals surface area contributed by atoms with Crippen molar-refractivity contribution in [3.05, 3.63) is 33.8 Å². The zero-order chi connectivity index (χ0) is 17.3. The first-order valence-corrected chi connectivity index (χ1v) is 8.28. The van der Waals surface area contributed by atoms with Gasteiger partial charge in [0, 0.05) is 19.1 Å². The fourth-order valence-electron chi connectivity index (χ4n) is 3.30. The largest absolute Gasteiger partial charge is 0.391 e. The van der Waals surface area contributed by atoms with Crippen molar-refractivity contribution < 1.29 is 14.6 Å². The number of halogens is 1. The third kappa shape index (κ3) is 3.01. The van der Waals surface area contributed by atoms with E-state index in [1.54, 1.807) is 13.2 Å². The first-order valence-electron chi connectivity index (χ1n) is 7.90. The molecule has 1 aromatic carbocycles. The van der Waals surface area contributed by atoms with Gasteiger partial charge in [-0.05, 0) is 18.6 Å². The third-order valence-corrected chi connectivity index (χ3v) is 5.00. The van der Waals surface area contributed by atoms with Gasteiger partial charge in [0.2, 0.25) is 0 Å². The Morgan fingerprint density at radius 3 is 2.96 bits per heavy atom. The summed E-state index contributed by atoms with van der Waals surface area (Å²) in [5.41, 5.74) is 2.94. The van der Waals surface area contributed by atoms with Crippen LogP contribution in [0.1, 0.15) is 23.1 Å². The Bertz CT molecular complexity index is 701. The molecule has 2 aliphatic heterocycles. The van der Waals surface area contributed by atoms with E-state index in [1.807, 2.05) is 18.0 Å². The average molecular weight is 350 g/mol. The summed E-state index contributed by atoms with van der Waals surface area (Å²) in [6.07, 6.45) is -0.0206. The monoisotopic (exact) mass is 349 g/mol. The van der Waals surface area contributed by atoms with E-state index in [1.165, 1.54) is 0 Å². The third-order valence-electron chi connectivity index (χ3n) is 4.52. The Balaban J connectivity index is 1.94. The van der Waals surface area contributed by atoms with Gasteiger partial charge in [-0.3, -0.25) is 5.01 Å². The van der Waals surface area contributed by atoms with Gasteiger partial charge >= 0.3 is 0 Å². The van der Waals surface area contributed by atoms with Crippen LogP contribution in [-0.2, 0) is 9.47 Å². The van der Waals surface area contributed by atoms with Crippen molar-refractivity contribution in [1.29, 1.82) is 5.26 Å². The van der Waals surface area contributed by atoms with Crippen LogP contribution in [0.25, 0.3) is 0 Å². The first-order chi connectivity index (χ1) is 11.6. The van der Waals surface area contributed by atoms with E-state index in [0.29, 0.717) is 36.8 Å². The predicted octanol–water partition coefficient (Wildman–Crippen LogP) is 1.70. The number of fused-ring (bicyclic) bond motifs is 1. The maximum atomic E-state index is 9.90. The Morgan fingerprint density at radius 1 is 1.46 bits per heavy atom. The highest BCUT2D eigenvalue weighted by Crippen LogP contribution is 2.34. The molecule has 3 rings (SSSR count). The van der Waals surface area contributed by atoms with Gasteiger partial charge in [-0.25, -0.2) is 0 Å². The summed E-state index contributed by atoms with van der Waals surface area (Å²) in [6, 6.07) is 5.68. The van der Waals surface area contributed by atoms with Gasteiger partial charge in [0.25, 0.3) is 0 Å². The summed E-state index contributed by atoms with van der Waals surface area (Å²) in [5.74, 6) is 0. The molecule has 6 nitrogen and oxygen atoms in total. The Hall–Kier alpha value is -1.65. The van der Waals surface area contributed by atoms with E-state index >= 15 is 0 Å². The molecule has 1 N–H and O–H groups in total. The van der Waals surface area contributed by atoms with Crippen molar-refractivity contribution in [2.75, 3.05) is 26.9 Å². The Morgan fingerprint density at radius 2 is 2.25 bits per heavy atom. The van der Waals surface area contributed by atoms with Crippen molar-refractivity contribution in [3.8, 4) is 6.07 Å². The molecular weight excluding hydrogens is 330 g/mol. The van der Waals surface area contributed by atoms with Gasteiger partial charge in [0.15, 0.2) is 0 Å². The fraction of sp³-hybridized carbons (Fsp3) is 0.529. The summed E-state index contributed by atoms with van der Waals surface area (Å²) >= 11 is 6.30. The maximum Gasteiger partial charge on any atom is 0.124 e. The zero-order valence-corrected chi connectivity index (χ0v) is 14.5. The summed E-state index contributed by atoms with van der Waals surface area (Å²) < 4.78 is 11.1. The van der Waals surface area contributed by atoms with Crippen LogP contribution in [0, 0.1) is 18.3 Å². The highest BCUT2D eigenvalue weighted by molar-refractivity contribution is 6.33. The summed E-state index contributed by atoms with van der Waals surface area (Å²) in [7, 11) is 1.63. The SMILES string of the molecule is COCCO[C@@H]1C(c2ccc(C#N)c(Cl)c2C)=NN2C[C@H](O)C[C@@H]12. The number of benzene rings is 1. The number of ether oxygens (including phenoxy) is 2. The molecular formula is C17H20ClN3O3. The molecule has 3 atom stereocenters. The fourth-order valence-corrected chi connectivity index (χ4v) is 3.51. The number of rotatable bonds is 5. The second-order valence-electron chi connectivity index (χ2n) is 6.06. The second-order valence-corrected chi connectivity index (χ2v) is 6.44. The van der Waals surface area contributed by atoms with Gasteiger partial charge in [-0.2, -0.15) is 10.4 Å². The summed E-state index contributed by atoms with van der Waals surface area (Å²) in [5, 5.41) is 26.0. The zero-order valence-electron chi connectivity index (χ0n) is 13.7. The molecule has 7 heteroatoms. The van der Waals surface area contributed by atoms with Crippen LogP contribution in [-0.4, -0.2) is 60.9 Å². The van der Waals surface area contributed by atoms with E-state index in [9.17, 15) is 5.11 Å². The topological polar surface area (TPSA) is 78.1 Å². The maximum absolute atomic E-state index is 9.90. The number of nitrogens with zero attached hydrogens (tertiary/aromatic N) is 3. The average Bonchev–Trinajstić information content (AvgIpc) is 3.07. The minimum absolute atomic E-state index is 0.0145. The minimum atomic E-state index is -0.389. The summed E-state index contributed by atoms with van der Waals surface area (Å²) in [6.45, 7) is 3.32. The molecule has 0 radical (unpaired) electrons. The van der Waals surface area contributed by atoms with E-state index in [4.69, 9.17) is 26.3 Å². The smallest absolute Gasteiger partial charge is 0.124 e. The van der Waals surface area contributed by atoms with Gasteiger partial charge in [-0.1, -0.05) is 17.7 Å². The molecule has 2 aliphatic rings. The quantitative estimate of drug-likeness (QED) is 0.819. The number of hydrogen-bond donors (Lipinski definition) is 1. The van der Waals surface area contributed by atoms with Gasteiger partial charge in [-0.15, -0.1) is 0 Å². The second kappa shape index (κ2) is 7.08. The van der Waals surface area contributed by atoms with Crippen LogP contribution in [0.4, 0.5) is 0 Å².